The van der Waals surface area contributed by atoms with Crippen molar-refractivity contribution in [3.8, 4) is 0 Å². The second-order valence-electron chi connectivity index (χ2n) is 11.8. The first-order chi connectivity index (χ1) is 29.9. The number of anilines is 9. The van der Waals surface area contributed by atoms with E-state index in [1.54, 1.807) is 0 Å². The van der Waals surface area contributed by atoms with Gasteiger partial charge >= 0.3 is 0 Å². The molecule has 0 N–H and O–H groups in total. The van der Waals surface area contributed by atoms with Gasteiger partial charge in [0.2, 0.25) is 0 Å². The summed E-state index contributed by atoms with van der Waals surface area (Å²) >= 11 is 0. The molecule has 7 aromatic carbocycles. The van der Waals surface area contributed by atoms with Crippen molar-refractivity contribution in [1.82, 2.24) is 0 Å². The lowest BCUT2D eigenvalue weighted by molar-refractivity contribution is 1.24. The van der Waals surface area contributed by atoms with Crippen LogP contribution < -0.4 is 31.1 Å². The fraction of sp³-hybridized carbons (Fsp3) is 0.250. The van der Waals surface area contributed by atoms with Gasteiger partial charge in [0.15, 0.2) is 0 Å². The van der Waals surface area contributed by atoms with Gasteiger partial charge in [-0.3, -0.25) is 0 Å². The minimum atomic E-state index is 0.0910. The second-order valence-corrected chi connectivity index (χ2v) is 11.8. The maximum absolute atomic E-state index is 2.46. The van der Waals surface area contributed by atoms with E-state index in [1.807, 2.05) is 96.9 Å². The van der Waals surface area contributed by atoms with Crippen LogP contribution in [0.5, 0.6) is 0 Å². The molecule has 7 aromatic rings. The molecule has 0 aromatic heterocycles. The molecule has 0 aliphatic carbocycles. The average molecular weight is 798 g/mol. The molecule has 0 saturated heterocycles. The van der Waals surface area contributed by atoms with E-state index in [0.29, 0.717) is 0 Å². The van der Waals surface area contributed by atoms with Gasteiger partial charge in [0.05, 0.1) is 0 Å². The van der Waals surface area contributed by atoms with Gasteiger partial charge in [-0.15, -0.1) is 0 Å². The van der Waals surface area contributed by atoms with Gasteiger partial charge in [-0.1, -0.05) is 200 Å². The summed E-state index contributed by atoms with van der Waals surface area (Å²) < 4.78 is 0. The lowest BCUT2D eigenvalue weighted by Gasteiger charge is -2.44. The van der Waals surface area contributed by atoms with Crippen molar-refractivity contribution in [1.29, 1.82) is 0 Å². The van der Waals surface area contributed by atoms with E-state index in [9.17, 15) is 0 Å². The van der Waals surface area contributed by atoms with E-state index in [-0.39, 0.29) is 6.71 Å². The standard InChI is InChI=1S/C42H30BN3.7C2H6/c1-5-16-31(17-6-1)44(32-18-7-2-8-19-32)35-28-29-37-41(30-35)46(34-22-11-4-12-23-34)40-27-15-26-39-42(40)43(37)36-24-13-14-25-38(36)45(39)33-20-9-3-10-21-33;7*1-2/h1-30H;7*1-2H3. The molecule has 0 radical (unpaired) electrons. The third-order valence-corrected chi connectivity index (χ3v) is 9.20. The van der Waals surface area contributed by atoms with Gasteiger partial charge < -0.3 is 14.7 Å². The smallest absolute Gasteiger partial charge is 0.252 e. The van der Waals surface area contributed by atoms with Crippen molar-refractivity contribution in [3.05, 3.63) is 182 Å². The normalized spacial score (nSPS) is 10.4. The molecule has 0 bridgehead atoms. The monoisotopic (exact) mass is 798 g/mol. The van der Waals surface area contributed by atoms with E-state index < -0.39 is 0 Å². The number of nitrogens with zero attached hydrogens (tertiary/aromatic N) is 3. The molecule has 0 unspecified atom stereocenters. The zero-order chi connectivity index (χ0) is 44.5. The average Bonchev–Trinajstić information content (AvgIpc) is 3.37. The van der Waals surface area contributed by atoms with Crippen molar-refractivity contribution in [2.45, 2.75) is 96.9 Å². The van der Waals surface area contributed by atoms with Crippen LogP contribution in [-0.2, 0) is 0 Å². The third kappa shape index (κ3) is 10.8. The maximum Gasteiger partial charge on any atom is 0.252 e. The SMILES string of the molecule is CC.CC.CC.CC.CC.CC.CC.c1ccc(N(c2ccccc2)c2ccc3c(c2)N(c2ccccc2)c2cccc4c2B3c2ccccc2N4c2ccccc2)cc1. The van der Waals surface area contributed by atoms with Gasteiger partial charge in [-0.05, 0) is 95.3 Å². The van der Waals surface area contributed by atoms with E-state index in [0.717, 1.165) is 28.4 Å². The van der Waals surface area contributed by atoms with Crippen LogP contribution in [0.15, 0.2) is 182 Å². The molecular formula is C56H72BN3. The van der Waals surface area contributed by atoms with Gasteiger partial charge in [0, 0.05) is 51.2 Å². The molecule has 60 heavy (non-hydrogen) atoms. The summed E-state index contributed by atoms with van der Waals surface area (Å²) in [5.41, 5.74) is 14.5. The molecule has 0 atom stereocenters. The highest BCUT2D eigenvalue weighted by Crippen LogP contribution is 2.45. The van der Waals surface area contributed by atoms with Crippen LogP contribution in [0.25, 0.3) is 0 Å². The van der Waals surface area contributed by atoms with E-state index in [1.165, 1.54) is 39.1 Å². The molecule has 0 fully saturated rings. The molecule has 3 nitrogen and oxygen atoms in total. The van der Waals surface area contributed by atoms with Crippen molar-refractivity contribution in [2.24, 2.45) is 0 Å². The highest BCUT2D eigenvalue weighted by Gasteiger charge is 2.43. The summed E-state index contributed by atoms with van der Waals surface area (Å²) in [6.45, 7) is 28.1. The molecule has 4 heteroatoms. The van der Waals surface area contributed by atoms with E-state index in [4.69, 9.17) is 0 Å². The van der Waals surface area contributed by atoms with Crippen LogP contribution in [0.4, 0.5) is 51.2 Å². The molecule has 0 amide bonds. The third-order valence-electron chi connectivity index (χ3n) is 9.20. The summed E-state index contributed by atoms with van der Waals surface area (Å²) in [7, 11) is 0. The number of hydrogen-bond acceptors (Lipinski definition) is 3. The Bertz CT molecular complexity index is 2130. The Hall–Kier alpha value is -6.00. The molecule has 0 saturated carbocycles. The number of hydrogen-bond donors (Lipinski definition) is 0. The summed E-state index contributed by atoms with van der Waals surface area (Å²) in [5, 5.41) is 0. The molecule has 2 heterocycles. The predicted molar refractivity (Wildman–Crippen MR) is 275 cm³/mol. The highest BCUT2D eigenvalue weighted by molar-refractivity contribution is 7.00. The Balaban J connectivity index is 0.000000809. The zero-order valence-electron chi connectivity index (χ0n) is 39.2. The number of fused-ring (bicyclic) bond motifs is 4. The van der Waals surface area contributed by atoms with Gasteiger partial charge in [-0.25, -0.2) is 0 Å². The lowest BCUT2D eigenvalue weighted by atomic mass is 9.33. The van der Waals surface area contributed by atoms with Gasteiger partial charge in [0.25, 0.3) is 6.71 Å². The van der Waals surface area contributed by atoms with Crippen molar-refractivity contribution in [3.63, 3.8) is 0 Å². The van der Waals surface area contributed by atoms with Gasteiger partial charge in [0.1, 0.15) is 0 Å². The molecule has 0 spiro atoms. The first-order valence-corrected chi connectivity index (χ1v) is 22.8. The van der Waals surface area contributed by atoms with E-state index >= 15 is 0 Å². The summed E-state index contributed by atoms with van der Waals surface area (Å²) in [6, 6.07) is 65.5. The van der Waals surface area contributed by atoms with E-state index in [2.05, 4.69) is 197 Å². The molecule has 314 valence electrons. The van der Waals surface area contributed by atoms with Crippen molar-refractivity contribution < 1.29 is 0 Å². The Morgan fingerprint density at radius 3 is 1.10 bits per heavy atom. The number of benzene rings is 7. The maximum atomic E-state index is 2.46. The Morgan fingerprint density at radius 1 is 0.300 bits per heavy atom. The predicted octanol–water partition coefficient (Wildman–Crippen LogP) is 16.4. The van der Waals surface area contributed by atoms with Crippen LogP contribution >= 0.6 is 0 Å². The van der Waals surface area contributed by atoms with Crippen molar-refractivity contribution >= 4 is 74.3 Å². The summed E-state index contributed by atoms with van der Waals surface area (Å²) in [6.07, 6.45) is 0. The first-order valence-electron chi connectivity index (χ1n) is 22.8. The Labute approximate surface area is 366 Å². The summed E-state index contributed by atoms with van der Waals surface area (Å²) in [4.78, 5) is 7.24. The number of rotatable bonds is 5. The summed E-state index contributed by atoms with van der Waals surface area (Å²) in [5.74, 6) is 0. The second kappa shape index (κ2) is 27.6. The highest BCUT2D eigenvalue weighted by atomic mass is 15.2. The van der Waals surface area contributed by atoms with Crippen LogP contribution in [0.1, 0.15) is 96.9 Å². The minimum absolute atomic E-state index is 0.0910. The largest absolute Gasteiger partial charge is 0.311 e. The zero-order valence-corrected chi connectivity index (χ0v) is 39.2. The molecular weight excluding hydrogens is 725 g/mol. The van der Waals surface area contributed by atoms with Crippen LogP contribution in [-0.4, -0.2) is 6.71 Å². The molecule has 2 aliphatic rings. The van der Waals surface area contributed by atoms with Crippen LogP contribution in [0.3, 0.4) is 0 Å². The van der Waals surface area contributed by atoms with Crippen LogP contribution in [0.2, 0.25) is 0 Å². The van der Waals surface area contributed by atoms with Crippen LogP contribution in [0, 0.1) is 0 Å². The van der Waals surface area contributed by atoms with Gasteiger partial charge in [-0.2, -0.15) is 0 Å². The fourth-order valence-electron chi connectivity index (χ4n) is 7.32. The minimum Gasteiger partial charge on any atom is -0.311 e. The van der Waals surface area contributed by atoms with Crippen molar-refractivity contribution in [2.75, 3.05) is 14.7 Å². The Morgan fingerprint density at radius 2 is 0.650 bits per heavy atom. The lowest BCUT2D eigenvalue weighted by Crippen LogP contribution is -2.61. The number of para-hydroxylation sites is 5. The quantitative estimate of drug-likeness (QED) is 0.161. The topological polar surface area (TPSA) is 9.72 Å². The first kappa shape index (κ1) is 50.1. The molecule has 9 rings (SSSR count). The fourth-order valence-corrected chi connectivity index (χ4v) is 7.32. The Kier molecular flexibility index (Phi) is 23.1. The molecule has 2 aliphatic heterocycles.